The molecule has 1 aromatic heterocycles. The Balaban J connectivity index is 2.00. The molecule has 138 valence electrons. The lowest BCUT2D eigenvalue weighted by atomic mass is 9.83. The summed E-state index contributed by atoms with van der Waals surface area (Å²) in [5.74, 6) is -2.15. The van der Waals surface area contributed by atoms with Crippen LogP contribution in [-0.2, 0) is 26.4 Å². The van der Waals surface area contributed by atoms with Gasteiger partial charge in [-0.25, -0.2) is 17.5 Å². The number of carbonyl (C=O) groups is 2. The van der Waals surface area contributed by atoms with E-state index in [1.54, 1.807) is 24.4 Å². The van der Waals surface area contributed by atoms with Crippen molar-refractivity contribution in [3.63, 3.8) is 0 Å². The Kier molecular flexibility index (Phi) is 5.60. The highest BCUT2D eigenvalue weighted by Crippen LogP contribution is 2.35. The average Bonchev–Trinajstić information content (AvgIpc) is 2.49. The minimum absolute atomic E-state index is 0.0827. The average molecular weight is 372 g/mol. The topological polar surface area (TPSA) is 149 Å². The van der Waals surface area contributed by atoms with Crippen LogP contribution in [0.25, 0.3) is 0 Å². The lowest BCUT2D eigenvalue weighted by Crippen LogP contribution is -2.69. The number of aliphatic hydroxyl groups is 1. The molecule has 10 nitrogen and oxygen atoms in total. The van der Waals surface area contributed by atoms with Crippen molar-refractivity contribution < 1.29 is 32.4 Å². The SMILES string of the molecule is C[C@H](OC(=O)NCc1ccccn1)[C@@H]1[C@@H]([C@@H](C)O)C(=O)N1S(=O)(=O)[O-]. The van der Waals surface area contributed by atoms with Crippen LogP contribution in [0.1, 0.15) is 19.5 Å². The number of pyridine rings is 1. The Labute approximate surface area is 144 Å². The molecule has 2 N–H and O–H groups in total. The molecular formula is C14H18N3O7S-. The van der Waals surface area contributed by atoms with Gasteiger partial charge in [0.1, 0.15) is 6.10 Å². The standard InChI is InChI=1S/C14H19N3O7S/c1-8(18)11-12(17(13(11)19)25(21,22)23)9(2)24-14(20)16-7-10-5-3-4-6-15-10/h3-6,8-9,11-12,18H,7H2,1-2H3,(H,16,20)(H,21,22,23)/p-1/t8-,9+,11-,12-/m1/s1. The molecule has 0 bridgehead atoms. The highest BCUT2D eigenvalue weighted by atomic mass is 32.2. The van der Waals surface area contributed by atoms with Gasteiger partial charge in [0.25, 0.3) is 0 Å². The molecule has 2 heterocycles. The van der Waals surface area contributed by atoms with E-state index in [4.69, 9.17) is 4.74 Å². The van der Waals surface area contributed by atoms with E-state index in [-0.39, 0.29) is 10.8 Å². The maximum Gasteiger partial charge on any atom is 0.407 e. The van der Waals surface area contributed by atoms with Gasteiger partial charge in [-0.15, -0.1) is 0 Å². The molecule has 0 unspecified atom stereocenters. The van der Waals surface area contributed by atoms with E-state index in [0.717, 1.165) is 0 Å². The van der Waals surface area contributed by atoms with Crippen LogP contribution < -0.4 is 5.32 Å². The molecule has 1 saturated heterocycles. The Bertz CT molecular complexity index is 738. The number of aromatic nitrogens is 1. The van der Waals surface area contributed by atoms with Crippen LogP contribution in [0.15, 0.2) is 24.4 Å². The summed E-state index contributed by atoms with van der Waals surface area (Å²) in [6.07, 6.45) is -1.64. The Morgan fingerprint density at radius 3 is 2.68 bits per heavy atom. The Hall–Kier alpha value is -2.24. The van der Waals surface area contributed by atoms with Gasteiger partial charge >= 0.3 is 6.09 Å². The molecule has 0 saturated carbocycles. The zero-order valence-corrected chi connectivity index (χ0v) is 14.3. The molecule has 1 aliphatic rings. The van der Waals surface area contributed by atoms with Crippen molar-refractivity contribution >= 4 is 22.3 Å². The van der Waals surface area contributed by atoms with Gasteiger partial charge in [0.05, 0.1) is 30.3 Å². The van der Waals surface area contributed by atoms with Crippen molar-refractivity contribution in [1.82, 2.24) is 14.6 Å². The van der Waals surface area contributed by atoms with E-state index in [2.05, 4.69) is 10.3 Å². The van der Waals surface area contributed by atoms with Crippen molar-refractivity contribution in [3.05, 3.63) is 30.1 Å². The molecular weight excluding hydrogens is 354 g/mol. The zero-order valence-electron chi connectivity index (χ0n) is 13.5. The van der Waals surface area contributed by atoms with Gasteiger partial charge in [0.2, 0.25) is 5.91 Å². The molecule has 0 spiro atoms. The van der Waals surface area contributed by atoms with Crippen LogP contribution in [0, 0.1) is 5.92 Å². The number of hydrogen-bond donors (Lipinski definition) is 2. The van der Waals surface area contributed by atoms with Crippen LogP contribution in [-0.4, -0.2) is 57.6 Å². The maximum atomic E-state index is 11.8. The second kappa shape index (κ2) is 7.33. The van der Waals surface area contributed by atoms with Crippen molar-refractivity contribution in [3.8, 4) is 0 Å². The van der Waals surface area contributed by atoms with Crippen LogP contribution in [0.3, 0.4) is 0 Å². The van der Waals surface area contributed by atoms with Crippen molar-refractivity contribution in [2.24, 2.45) is 5.92 Å². The Morgan fingerprint density at radius 2 is 2.16 bits per heavy atom. The number of alkyl carbamates (subject to hydrolysis) is 1. The molecule has 1 aromatic rings. The smallest absolute Gasteiger partial charge is 0.407 e. The molecule has 4 atom stereocenters. The minimum Gasteiger partial charge on any atom is -0.731 e. The fraction of sp³-hybridized carbons (Fsp3) is 0.500. The summed E-state index contributed by atoms with van der Waals surface area (Å²) >= 11 is 0. The summed E-state index contributed by atoms with van der Waals surface area (Å²) in [6, 6.07) is 3.88. The van der Waals surface area contributed by atoms with Crippen LogP contribution in [0.4, 0.5) is 4.79 Å². The third kappa shape index (κ3) is 4.24. The molecule has 2 amide bonds. The monoisotopic (exact) mass is 372 g/mol. The lowest BCUT2D eigenvalue weighted by Gasteiger charge is -2.50. The second-order valence-electron chi connectivity index (χ2n) is 5.63. The molecule has 0 aliphatic carbocycles. The summed E-state index contributed by atoms with van der Waals surface area (Å²) in [7, 11) is -5.07. The number of aliphatic hydroxyl groups excluding tert-OH is 1. The minimum atomic E-state index is -5.07. The number of β-lactam (4-membered cyclic amide) rings is 1. The third-order valence-corrected chi connectivity index (χ3v) is 4.72. The summed E-state index contributed by atoms with van der Waals surface area (Å²) in [5.41, 5.74) is 0.580. The van der Waals surface area contributed by atoms with E-state index in [0.29, 0.717) is 5.69 Å². The van der Waals surface area contributed by atoms with Gasteiger partial charge in [-0.1, -0.05) is 6.07 Å². The molecule has 2 rings (SSSR count). The van der Waals surface area contributed by atoms with Crippen molar-refractivity contribution in [2.75, 3.05) is 0 Å². The highest BCUT2D eigenvalue weighted by Gasteiger charge is 2.56. The van der Waals surface area contributed by atoms with E-state index in [1.165, 1.54) is 13.8 Å². The summed E-state index contributed by atoms with van der Waals surface area (Å²) < 4.78 is 38.8. The van der Waals surface area contributed by atoms with Crippen molar-refractivity contribution in [2.45, 2.75) is 38.6 Å². The first-order valence-electron chi connectivity index (χ1n) is 7.44. The van der Waals surface area contributed by atoms with Gasteiger partial charge in [-0.3, -0.25) is 9.78 Å². The predicted octanol–water partition coefficient (Wildman–Crippen LogP) is -0.636. The normalized spacial score (nSPS) is 22.7. The van der Waals surface area contributed by atoms with Gasteiger partial charge in [-0.05, 0) is 26.0 Å². The van der Waals surface area contributed by atoms with Crippen LogP contribution >= 0.6 is 0 Å². The zero-order chi connectivity index (χ0) is 18.8. The first-order valence-corrected chi connectivity index (χ1v) is 8.81. The first kappa shape index (κ1) is 19.1. The maximum absolute atomic E-state index is 11.8. The highest BCUT2D eigenvalue weighted by molar-refractivity contribution is 7.84. The number of nitrogens with zero attached hydrogens (tertiary/aromatic N) is 2. The predicted molar refractivity (Wildman–Crippen MR) is 82.5 cm³/mol. The number of rotatable bonds is 6. The largest absolute Gasteiger partial charge is 0.731 e. The van der Waals surface area contributed by atoms with Gasteiger partial charge in [-0.2, -0.15) is 0 Å². The summed E-state index contributed by atoms with van der Waals surface area (Å²) in [4.78, 5) is 27.6. The quantitative estimate of drug-likeness (QED) is 0.495. The summed E-state index contributed by atoms with van der Waals surface area (Å²) in [6.45, 7) is 2.71. The number of ether oxygens (including phenoxy) is 1. The number of nitrogens with one attached hydrogen (secondary N) is 1. The van der Waals surface area contributed by atoms with Crippen LogP contribution in [0.2, 0.25) is 0 Å². The second-order valence-corrected chi connectivity index (χ2v) is 6.88. The molecule has 0 aromatic carbocycles. The molecule has 1 aliphatic heterocycles. The molecule has 0 radical (unpaired) electrons. The van der Waals surface area contributed by atoms with Crippen LogP contribution in [0.5, 0.6) is 0 Å². The van der Waals surface area contributed by atoms with Gasteiger partial charge in [0, 0.05) is 6.20 Å². The molecule has 1 fully saturated rings. The number of carbonyl (C=O) groups excluding carboxylic acids is 2. The third-order valence-electron chi connectivity index (χ3n) is 3.82. The van der Waals surface area contributed by atoms with E-state index >= 15 is 0 Å². The molecule has 25 heavy (non-hydrogen) atoms. The number of amides is 2. The molecule has 11 heteroatoms. The lowest BCUT2D eigenvalue weighted by molar-refractivity contribution is -0.160. The first-order chi connectivity index (χ1) is 11.6. The fourth-order valence-electron chi connectivity index (χ4n) is 2.68. The van der Waals surface area contributed by atoms with E-state index in [1.807, 2.05) is 0 Å². The van der Waals surface area contributed by atoms with Gasteiger partial charge < -0.3 is 19.7 Å². The van der Waals surface area contributed by atoms with Crippen molar-refractivity contribution in [1.29, 1.82) is 0 Å². The van der Waals surface area contributed by atoms with E-state index < -0.39 is 46.5 Å². The van der Waals surface area contributed by atoms with Gasteiger partial charge in [0.15, 0.2) is 10.3 Å². The van der Waals surface area contributed by atoms with E-state index in [9.17, 15) is 27.7 Å². The summed E-state index contributed by atoms with van der Waals surface area (Å²) in [5, 5.41) is 12.0. The Morgan fingerprint density at radius 1 is 1.48 bits per heavy atom. The fourth-order valence-corrected chi connectivity index (χ4v) is 3.63. The number of hydrogen-bond acceptors (Lipinski definition) is 8.